The molecule has 0 radical (unpaired) electrons. The fourth-order valence-electron chi connectivity index (χ4n) is 3.08. The summed E-state index contributed by atoms with van der Waals surface area (Å²) in [6, 6.07) is 9.79. The molecule has 1 aliphatic rings. The highest BCUT2D eigenvalue weighted by Crippen LogP contribution is 2.28. The summed E-state index contributed by atoms with van der Waals surface area (Å²) in [5, 5.41) is 2.61. The number of amides is 1. The van der Waals surface area contributed by atoms with Gasteiger partial charge in [-0.25, -0.2) is 12.8 Å². The molecule has 6 nitrogen and oxygen atoms in total. The molecule has 0 bridgehead atoms. The molecule has 0 aliphatic carbocycles. The average Bonchev–Trinajstić information content (AvgIpc) is 2.70. The van der Waals surface area contributed by atoms with E-state index in [1.54, 1.807) is 12.1 Å². The van der Waals surface area contributed by atoms with E-state index in [-0.39, 0.29) is 21.9 Å². The second-order valence-corrected chi connectivity index (χ2v) is 8.17. The van der Waals surface area contributed by atoms with E-state index < -0.39 is 21.7 Å². The molecule has 0 saturated carbocycles. The number of ether oxygens (including phenoxy) is 1. The highest BCUT2D eigenvalue weighted by molar-refractivity contribution is 7.89. The lowest BCUT2D eigenvalue weighted by Crippen LogP contribution is -2.36. The first kappa shape index (κ1) is 19.3. The lowest BCUT2D eigenvalue weighted by molar-refractivity contribution is 0.102. The van der Waals surface area contributed by atoms with Crippen LogP contribution in [0.1, 0.15) is 29.6 Å². The van der Waals surface area contributed by atoms with Crippen molar-refractivity contribution >= 4 is 21.6 Å². The first-order valence-electron chi connectivity index (χ1n) is 8.67. The lowest BCUT2D eigenvalue weighted by atomic mass is 10.2. The molecule has 0 atom stereocenters. The Morgan fingerprint density at radius 3 is 2.52 bits per heavy atom. The summed E-state index contributed by atoms with van der Waals surface area (Å²) in [6.45, 7) is 0.897. The molecule has 1 aliphatic heterocycles. The molecule has 3 rings (SSSR count). The van der Waals surface area contributed by atoms with Crippen LogP contribution in [0.3, 0.4) is 0 Å². The normalized spacial score (nSPS) is 15.3. The van der Waals surface area contributed by atoms with Gasteiger partial charge in [-0.15, -0.1) is 0 Å². The molecule has 1 N–H and O–H groups in total. The largest absolute Gasteiger partial charge is 0.494 e. The first-order chi connectivity index (χ1) is 12.9. The molecule has 8 heteroatoms. The van der Waals surface area contributed by atoms with Gasteiger partial charge in [-0.1, -0.05) is 18.6 Å². The van der Waals surface area contributed by atoms with E-state index in [1.165, 1.54) is 35.7 Å². The molecular formula is C19H21FN2O4S. The molecule has 1 heterocycles. The van der Waals surface area contributed by atoms with Gasteiger partial charge in [0, 0.05) is 19.2 Å². The van der Waals surface area contributed by atoms with Crippen LogP contribution in [0, 0.1) is 5.82 Å². The van der Waals surface area contributed by atoms with E-state index >= 15 is 0 Å². The number of halogens is 1. The van der Waals surface area contributed by atoms with Gasteiger partial charge in [0.15, 0.2) is 0 Å². The van der Waals surface area contributed by atoms with Crippen LogP contribution in [0.4, 0.5) is 10.1 Å². The lowest BCUT2D eigenvalue weighted by Gasteiger charge is -2.26. The fraction of sp³-hybridized carbons (Fsp3) is 0.316. The van der Waals surface area contributed by atoms with Crippen molar-refractivity contribution in [2.24, 2.45) is 0 Å². The van der Waals surface area contributed by atoms with Crippen LogP contribution in [0.5, 0.6) is 5.75 Å². The van der Waals surface area contributed by atoms with Crippen LogP contribution in [-0.2, 0) is 10.0 Å². The number of anilines is 1. The van der Waals surface area contributed by atoms with Crippen molar-refractivity contribution in [3.8, 4) is 5.75 Å². The minimum atomic E-state index is -3.77. The number of carbonyl (C=O) groups excluding carboxylic acids is 1. The molecule has 1 fully saturated rings. The zero-order chi connectivity index (χ0) is 19.4. The maximum Gasteiger partial charge on any atom is 0.257 e. The van der Waals surface area contributed by atoms with Crippen molar-refractivity contribution in [2.75, 3.05) is 25.5 Å². The maximum atomic E-state index is 13.3. The third-order valence-corrected chi connectivity index (χ3v) is 6.43. The SMILES string of the molecule is COc1cc(F)ccc1NC(=O)c1ccccc1S(=O)(=O)N1CCCCC1. The van der Waals surface area contributed by atoms with E-state index in [0.29, 0.717) is 13.1 Å². The Kier molecular flexibility index (Phi) is 5.76. The van der Waals surface area contributed by atoms with Crippen molar-refractivity contribution in [1.82, 2.24) is 4.31 Å². The van der Waals surface area contributed by atoms with Crippen LogP contribution >= 0.6 is 0 Å². The van der Waals surface area contributed by atoms with Crippen LogP contribution < -0.4 is 10.1 Å². The van der Waals surface area contributed by atoms with Crippen molar-refractivity contribution in [1.29, 1.82) is 0 Å². The summed E-state index contributed by atoms with van der Waals surface area (Å²) < 4.78 is 45.8. The van der Waals surface area contributed by atoms with E-state index in [1.807, 2.05) is 0 Å². The number of piperidine rings is 1. The Morgan fingerprint density at radius 2 is 1.81 bits per heavy atom. The Balaban J connectivity index is 1.93. The molecule has 0 aromatic heterocycles. The van der Waals surface area contributed by atoms with E-state index in [0.717, 1.165) is 25.3 Å². The molecule has 2 aromatic rings. The van der Waals surface area contributed by atoms with Crippen molar-refractivity contribution < 1.29 is 22.3 Å². The number of rotatable bonds is 5. The molecular weight excluding hydrogens is 371 g/mol. The summed E-state index contributed by atoms with van der Waals surface area (Å²) in [5.41, 5.74) is 0.295. The average molecular weight is 392 g/mol. The third-order valence-electron chi connectivity index (χ3n) is 4.48. The van der Waals surface area contributed by atoms with Crippen LogP contribution in [-0.4, -0.2) is 38.8 Å². The van der Waals surface area contributed by atoms with Crippen LogP contribution in [0.2, 0.25) is 0 Å². The number of carbonyl (C=O) groups is 1. The molecule has 2 aromatic carbocycles. The predicted molar refractivity (Wildman–Crippen MR) is 100.0 cm³/mol. The van der Waals surface area contributed by atoms with Gasteiger partial charge in [-0.05, 0) is 37.1 Å². The molecule has 0 spiro atoms. The summed E-state index contributed by atoms with van der Waals surface area (Å²) >= 11 is 0. The topological polar surface area (TPSA) is 75.7 Å². The number of sulfonamides is 1. The minimum Gasteiger partial charge on any atom is -0.494 e. The Morgan fingerprint density at radius 1 is 1.11 bits per heavy atom. The quantitative estimate of drug-likeness (QED) is 0.847. The highest BCUT2D eigenvalue weighted by Gasteiger charge is 2.29. The summed E-state index contributed by atoms with van der Waals surface area (Å²) in [4.78, 5) is 12.7. The van der Waals surface area contributed by atoms with Gasteiger partial charge in [0.25, 0.3) is 5.91 Å². The standard InChI is InChI=1S/C19H21FN2O4S/c1-26-17-13-14(20)9-10-16(17)21-19(23)15-7-3-4-8-18(15)27(24,25)22-11-5-2-6-12-22/h3-4,7-10,13H,2,5-6,11-12H2,1H3,(H,21,23). The number of benzene rings is 2. The third kappa shape index (κ3) is 4.12. The Hall–Kier alpha value is -2.45. The number of hydrogen-bond donors (Lipinski definition) is 1. The molecule has 1 amide bonds. The highest BCUT2D eigenvalue weighted by atomic mass is 32.2. The first-order valence-corrected chi connectivity index (χ1v) is 10.1. The van der Waals surface area contributed by atoms with Gasteiger partial charge in [-0.2, -0.15) is 4.31 Å². The van der Waals surface area contributed by atoms with E-state index in [2.05, 4.69) is 5.32 Å². The molecule has 27 heavy (non-hydrogen) atoms. The van der Waals surface area contributed by atoms with Gasteiger partial charge >= 0.3 is 0 Å². The molecule has 1 saturated heterocycles. The number of nitrogens with one attached hydrogen (secondary N) is 1. The zero-order valence-corrected chi connectivity index (χ0v) is 15.8. The summed E-state index contributed by atoms with van der Waals surface area (Å²) in [6.07, 6.45) is 2.61. The second-order valence-electron chi connectivity index (χ2n) is 6.26. The summed E-state index contributed by atoms with van der Waals surface area (Å²) in [5.74, 6) is -0.950. The molecule has 144 valence electrons. The van der Waals surface area contributed by atoms with Gasteiger partial charge < -0.3 is 10.1 Å². The maximum absolute atomic E-state index is 13.3. The number of methoxy groups -OCH3 is 1. The number of nitrogens with zero attached hydrogens (tertiary/aromatic N) is 1. The van der Waals surface area contributed by atoms with Gasteiger partial charge in [0.05, 0.1) is 23.3 Å². The van der Waals surface area contributed by atoms with E-state index in [9.17, 15) is 17.6 Å². The number of hydrogen-bond acceptors (Lipinski definition) is 4. The Bertz CT molecular complexity index is 940. The van der Waals surface area contributed by atoms with Crippen molar-refractivity contribution in [3.63, 3.8) is 0 Å². The minimum absolute atomic E-state index is 0.0365. The Labute approximate surface area is 158 Å². The predicted octanol–water partition coefficient (Wildman–Crippen LogP) is 3.26. The van der Waals surface area contributed by atoms with E-state index in [4.69, 9.17) is 4.74 Å². The van der Waals surface area contributed by atoms with Crippen LogP contribution in [0.25, 0.3) is 0 Å². The van der Waals surface area contributed by atoms with Crippen molar-refractivity contribution in [3.05, 3.63) is 53.8 Å². The van der Waals surface area contributed by atoms with Gasteiger partial charge in [0.1, 0.15) is 11.6 Å². The monoisotopic (exact) mass is 392 g/mol. The fourth-order valence-corrected chi connectivity index (χ4v) is 4.79. The zero-order valence-electron chi connectivity index (χ0n) is 14.9. The smallest absolute Gasteiger partial charge is 0.257 e. The van der Waals surface area contributed by atoms with Gasteiger partial charge in [-0.3, -0.25) is 4.79 Å². The van der Waals surface area contributed by atoms with Gasteiger partial charge in [0.2, 0.25) is 10.0 Å². The summed E-state index contributed by atoms with van der Waals surface area (Å²) in [7, 11) is -2.41. The van der Waals surface area contributed by atoms with Crippen LogP contribution in [0.15, 0.2) is 47.4 Å². The molecule has 0 unspecified atom stereocenters. The van der Waals surface area contributed by atoms with Crippen molar-refractivity contribution in [2.45, 2.75) is 24.2 Å². The second kappa shape index (κ2) is 8.06.